The van der Waals surface area contributed by atoms with Crippen LogP contribution < -0.4 is 0 Å². The maximum absolute atomic E-state index is 12.9. The van der Waals surface area contributed by atoms with Crippen molar-refractivity contribution in [2.24, 2.45) is 35.0 Å². The number of hydrogen-bond acceptors (Lipinski definition) is 4. The molecule has 0 spiro atoms. The van der Waals surface area contributed by atoms with Crippen molar-refractivity contribution in [3.05, 3.63) is 23.8 Å². The number of ether oxygens (including phenoxy) is 1. The fraction of sp³-hybridized carbons (Fsp3) is 0.750. The van der Waals surface area contributed by atoms with Crippen molar-refractivity contribution in [2.75, 3.05) is 0 Å². The van der Waals surface area contributed by atoms with Crippen molar-refractivity contribution in [3.63, 3.8) is 0 Å². The Bertz CT molecular complexity index is 806. The molecule has 0 aromatic carbocycles. The summed E-state index contributed by atoms with van der Waals surface area (Å²) in [5.74, 6) is 2.06. The molecule has 3 aliphatic carbocycles. The molecule has 0 aromatic heterocycles. The summed E-state index contributed by atoms with van der Waals surface area (Å²) in [5.41, 5.74) is -0.436. The van der Waals surface area contributed by atoms with Crippen LogP contribution in [0.5, 0.6) is 0 Å². The van der Waals surface area contributed by atoms with Gasteiger partial charge in [0.1, 0.15) is 0 Å². The molecule has 2 saturated carbocycles. The first-order valence-corrected chi connectivity index (χ1v) is 12.7. The zero-order valence-corrected chi connectivity index (χ0v) is 20.9. The summed E-state index contributed by atoms with van der Waals surface area (Å²) in [5, 5.41) is 0. The highest BCUT2D eigenvalue weighted by molar-refractivity contribution is 6.03. The van der Waals surface area contributed by atoms with Crippen LogP contribution in [0.25, 0.3) is 0 Å². The highest BCUT2D eigenvalue weighted by Crippen LogP contribution is 2.59. The molecule has 6 atom stereocenters. The van der Waals surface area contributed by atoms with Gasteiger partial charge in [0.05, 0.1) is 0 Å². The highest BCUT2D eigenvalue weighted by Gasteiger charge is 2.53. The second-order valence-electron chi connectivity index (χ2n) is 11.5. The Labute approximate surface area is 194 Å². The van der Waals surface area contributed by atoms with E-state index in [1.807, 2.05) is 6.08 Å². The summed E-state index contributed by atoms with van der Waals surface area (Å²) in [6.07, 6.45) is 11.9. The van der Waals surface area contributed by atoms with Gasteiger partial charge in [0, 0.05) is 18.1 Å². The number of esters is 1. The van der Waals surface area contributed by atoms with Gasteiger partial charge < -0.3 is 4.74 Å². The first kappa shape index (κ1) is 24.9. The number of carbonyl (C=O) groups excluding carboxylic acids is 3. The molecule has 178 valence electrons. The lowest BCUT2D eigenvalue weighted by Gasteiger charge is -2.44. The van der Waals surface area contributed by atoms with Gasteiger partial charge in [-0.25, -0.2) is 4.79 Å². The second kappa shape index (κ2) is 9.65. The zero-order chi connectivity index (χ0) is 23.7. The molecule has 32 heavy (non-hydrogen) atoms. The van der Waals surface area contributed by atoms with Gasteiger partial charge in [-0.3, -0.25) is 9.59 Å². The first-order chi connectivity index (χ1) is 15.0. The molecule has 4 heteroatoms. The van der Waals surface area contributed by atoms with E-state index in [1.54, 1.807) is 6.92 Å². The third-order valence-corrected chi connectivity index (χ3v) is 9.08. The van der Waals surface area contributed by atoms with Gasteiger partial charge in [-0.1, -0.05) is 53.5 Å². The van der Waals surface area contributed by atoms with Crippen molar-refractivity contribution < 1.29 is 19.1 Å². The Morgan fingerprint density at radius 3 is 2.50 bits per heavy atom. The van der Waals surface area contributed by atoms with E-state index in [-0.39, 0.29) is 22.9 Å². The van der Waals surface area contributed by atoms with Gasteiger partial charge in [-0.05, 0) is 80.1 Å². The van der Waals surface area contributed by atoms with Gasteiger partial charge in [0.15, 0.2) is 17.2 Å². The van der Waals surface area contributed by atoms with E-state index in [0.717, 1.165) is 25.2 Å². The van der Waals surface area contributed by atoms with E-state index in [2.05, 4.69) is 34.6 Å². The number of fused-ring (bicyclic) bond motifs is 1. The summed E-state index contributed by atoms with van der Waals surface area (Å²) in [6.45, 7) is 13.3. The second-order valence-corrected chi connectivity index (χ2v) is 11.5. The molecule has 3 aliphatic rings. The van der Waals surface area contributed by atoms with E-state index >= 15 is 0 Å². The molecule has 0 heterocycles. The van der Waals surface area contributed by atoms with E-state index in [4.69, 9.17) is 4.74 Å². The number of rotatable bonds is 7. The standard InChI is InChI=1S/C28H42O4/c1-18(2)19(3)10-11-20(4)22-12-13-23-21(24(29)14-16-27(22,23)5)17-26(31)32-28(6)15-8-7-9-25(28)30/h7,9,17-20,22-23H,8,10-16H2,1-6H3/t19?,20?,22-,23+,27-,28?/m1/s1. The first-order valence-electron chi connectivity index (χ1n) is 12.7. The fourth-order valence-electron chi connectivity index (χ4n) is 6.36. The molecule has 0 saturated heterocycles. The van der Waals surface area contributed by atoms with Crippen LogP contribution in [0.2, 0.25) is 0 Å². The molecular formula is C28H42O4. The third kappa shape index (κ3) is 4.94. The Kier molecular flexibility index (Phi) is 7.51. The minimum atomic E-state index is -1.12. The molecule has 3 unspecified atom stereocenters. The van der Waals surface area contributed by atoms with Crippen LogP contribution >= 0.6 is 0 Å². The largest absolute Gasteiger partial charge is 0.448 e. The molecule has 0 N–H and O–H groups in total. The summed E-state index contributed by atoms with van der Waals surface area (Å²) < 4.78 is 5.62. The van der Waals surface area contributed by atoms with Crippen LogP contribution in [0.1, 0.15) is 92.9 Å². The van der Waals surface area contributed by atoms with Crippen molar-refractivity contribution in [3.8, 4) is 0 Å². The summed E-state index contributed by atoms with van der Waals surface area (Å²) in [6, 6.07) is 0. The Balaban J connectivity index is 1.74. The zero-order valence-electron chi connectivity index (χ0n) is 20.9. The van der Waals surface area contributed by atoms with Gasteiger partial charge in [0.2, 0.25) is 0 Å². The van der Waals surface area contributed by atoms with Gasteiger partial charge >= 0.3 is 5.97 Å². The smallest absolute Gasteiger partial charge is 0.332 e. The lowest BCUT2D eigenvalue weighted by molar-refractivity contribution is -0.160. The summed E-state index contributed by atoms with van der Waals surface area (Å²) >= 11 is 0. The SMILES string of the molecule is CC(C)C(C)CCC(C)[C@H]1CC[C@H]2C(=CC(=O)OC3(C)CCC=CC3=O)C(=O)CC[C@]12C. The molecule has 0 aliphatic heterocycles. The number of allylic oxidation sites excluding steroid dienone is 2. The van der Waals surface area contributed by atoms with Crippen molar-refractivity contribution in [2.45, 2.75) is 98.5 Å². The van der Waals surface area contributed by atoms with Gasteiger partial charge in [0.25, 0.3) is 0 Å². The van der Waals surface area contributed by atoms with Crippen LogP contribution in [0.15, 0.2) is 23.8 Å². The average molecular weight is 443 g/mol. The Morgan fingerprint density at radius 1 is 1.12 bits per heavy atom. The lowest BCUT2D eigenvalue weighted by Crippen LogP contribution is -2.41. The van der Waals surface area contributed by atoms with Crippen molar-refractivity contribution >= 4 is 17.5 Å². The molecule has 0 bridgehead atoms. The van der Waals surface area contributed by atoms with Crippen LogP contribution in [-0.2, 0) is 19.1 Å². The third-order valence-electron chi connectivity index (χ3n) is 9.08. The quantitative estimate of drug-likeness (QED) is 0.346. The van der Waals surface area contributed by atoms with Crippen LogP contribution in [-0.4, -0.2) is 23.1 Å². The monoisotopic (exact) mass is 442 g/mol. The summed E-state index contributed by atoms with van der Waals surface area (Å²) in [4.78, 5) is 37.9. The lowest BCUT2D eigenvalue weighted by atomic mass is 9.60. The minimum absolute atomic E-state index is 0.0494. The van der Waals surface area contributed by atoms with Gasteiger partial charge in [-0.2, -0.15) is 0 Å². The van der Waals surface area contributed by atoms with Crippen LogP contribution in [0.3, 0.4) is 0 Å². The predicted octanol–water partition coefficient (Wildman–Crippen LogP) is 6.24. The minimum Gasteiger partial charge on any atom is -0.448 e. The van der Waals surface area contributed by atoms with E-state index in [0.29, 0.717) is 42.6 Å². The fourth-order valence-corrected chi connectivity index (χ4v) is 6.36. The van der Waals surface area contributed by atoms with E-state index in [9.17, 15) is 14.4 Å². The van der Waals surface area contributed by atoms with E-state index < -0.39 is 11.6 Å². The Hall–Kier alpha value is -1.71. The highest BCUT2D eigenvalue weighted by atomic mass is 16.6. The molecular weight excluding hydrogens is 400 g/mol. The predicted molar refractivity (Wildman–Crippen MR) is 127 cm³/mol. The normalized spacial score (nSPS) is 35.8. The molecule has 3 rings (SSSR count). The number of ketones is 2. The van der Waals surface area contributed by atoms with E-state index in [1.165, 1.54) is 25.0 Å². The maximum Gasteiger partial charge on any atom is 0.332 e. The van der Waals surface area contributed by atoms with Gasteiger partial charge in [-0.15, -0.1) is 0 Å². The maximum atomic E-state index is 12.9. The Morgan fingerprint density at radius 2 is 1.84 bits per heavy atom. The molecule has 0 amide bonds. The van der Waals surface area contributed by atoms with Crippen molar-refractivity contribution in [1.29, 1.82) is 0 Å². The number of carbonyl (C=O) groups is 3. The summed E-state index contributed by atoms with van der Waals surface area (Å²) in [7, 11) is 0. The molecule has 0 aromatic rings. The van der Waals surface area contributed by atoms with Crippen LogP contribution in [0.4, 0.5) is 0 Å². The molecule has 2 fully saturated rings. The number of Topliss-reactive ketones (excluding diaryl/α,β-unsaturated/α-hetero) is 1. The topological polar surface area (TPSA) is 60.4 Å². The average Bonchev–Trinajstić information content (AvgIpc) is 3.08. The van der Waals surface area contributed by atoms with Crippen molar-refractivity contribution in [1.82, 2.24) is 0 Å². The molecule has 4 nitrogen and oxygen atoms in total. The number of hydrogen-bond donors (Lipinski definition) is 0. The van der Waals surface area contributed by atoms with Crippen LogP contribution in [0, 0.1) is 35.0 Å². The molecule has 0 radical (unpaired) electrons.